The highest BCUT2D eigenvalue weighted by Crippen LogP contribution is 2.55. The Bertz CT molecular complexity index is 1250. The first-order chi connectivity index (χ1) is 18.9. The molecule has 2 aliphatic rings. The summed E-state index contributed by atoms with van der Waals surface area (Å²) in [6.07, 6.45) is 1.84. The number of aryl methyl sites for hydroxylation is 1. The quantitative estimate of drug-likeness (QED) is 0.452. The lowest BCUT2D eigenvalue weighted by Gasteiger charge is -2.63. The molecule has 1 aliphatic carbocycles. The first-order valence-electron chi connectivity index (χ1n) is 13.9. The van der Waals surface area contributed by atoms with E-state index in [4.69, 9.17) is 27.3 Å². The van der Waals surface area contributed by atoms with Gasteiger partial charge in [0.25, 0.3) is 5.91 Å². The third-order valence-electron chi connectivity index (χ3n) is 8.43. The predicted octanol–water partition coefficient (Wildman–Crippen LogP) is 3.86. The summed E-state index contributed by atoms with van der Waals surface area (Å²) in [7, 11) is 0. The van der Waals surface area contributed by atoms with Crippen molar-refractivity contribution in [3.8, 4) is 11.8 Å². The zero-order valence-electron chi connectivity index (χ0n) is 23.9. The highest BCUT2D eigenvalue weighted by molar-refractivity contribution is 6.31. The van der Waals surface area contributed by atoms with Gasteiger partial charge >= 0.3 is 0 Å². The van der Waals surface area contributed by atoms with Gasteiger partial charge in [0.05, 0.1) is 17.1 Å². The largest absolute Gasteiger partial charge is 0.489 e. The molecule has 0 bridgehead atoms. The number of ether oxygens (including phenoxy) is 1. The van der Waals surface area contributed by atoms with Crippen molar-refractivity contribution >= 4 is 23.4 Å². The standard InChI is InChI=1S/C31H40ClN5O3/c1-30(2)28(31(3,4)29(30)40-24-12-11-23(19-33)25(32)18-24)35-27(39)22-9-7-21(8-10-22)6-5-13-36-14-16-37(17-15-36)20-26(34)38/h7-12,18,28-29H,5-6,13-17,20H2,1-4H3,(H2,34,38)(H,35,39)/t28-,29-. The van der Waals surface area contributed by atoms with Gasteiger partial charge in [-0.25, -0.2) is 0 Å². The number of piperazine rings is 1. The predicted molar refractivity (Wildman–Crippen MR) is 156 cm³/mol. The van der Waals surface area contributed by atoms with E-state index >= 15 is 0 Å². The molecule has 214 valence electrons. The summed E-state index contributed by atoms with van der Waals surface area (Å²) >= 11 is 6.20. The fourth-order valence-electron chi connectivity index (χ4n) is 6.53. The van der Waals surface area contributed by atoms with E-state index in [9.17, 15) is 9.59 Å². The summed E-state index contributed by atoms with van der Waals surface area (Å²) in [6.45, 7) is 13.4. The van der Waals surface area contributed by atoms with Crippen LogP contribution in [-0.4, -0.2) is 73.0 Å². The Balaban J connectivity index is 1.26. The molecule has 4 rings (SSSR count). The summed E-state index contributed by atoms with van der Waals surface area (Å²) in [6, 6.07) is 14.9. The van der Waals surface area contributed by atoms with E-state index in [1.807, 2.05) is 24.3 Å². The van der Waals surface area contributed by atoms with Crippen molar-refractivity contribution in [3.05, 3.63) is 64.2 Å². The van der Waals surface area contributed by atoms with E-state index in [0.29, 0.717) is 28.4 Å². The Morgan fingerprint density at radius 3 is 2.25 bits per heavy atom. The molecule has 1 aliphatic heterocycles. The van der Waals surface area contributed by atoms with Gasteiger partial charge in [0.2, 0.25) is 5.91 Å². The molecule has 2 aromatic rings. The third-order valence-corrected chi connectivity index (χ3v) is 8.74. The van der Waals surface area contributed by atoms with Gasteiger partial charge < -0.3 is 20.7 Å². The summed E-state index contributed by atoms with van der Waals surface area (Å²) < 4.78 is 6.33. The van der Waals surface area contributed by atoms with Crippen molar-refractivity contribution in [2.24, 2.45) is 16.6 Å². The van der Waals surface area contributed by atoms with Crippen LogP contribution in [0.4, 0.5) is 0 Å². The number of benzene rings is 2. The lowest BCUT2D eigenvalue weighted by Crippen LogP contribution is -2.74. The Morgan fingerprint density at radius 2 is 1.68 bits per heavy atom. The lowest BCUT2D eigenvalue weighted by atomic mass is 9.49. The van der Waals surface area contributed by atoms with Gasteiger partial charge in [0.1, 0.15) is 17.9 Å². The molecular formula is C31H40ClN5O3. The molecule has 1 heterocycles. The minimum Gasteiger partial charge on any atom is -0.489 e. The zero-order chi connectivity index (χ0) is 29.1. The SMILES string of the molecule is CC1(C)[C@H](NC(=O)c2ccc(CCCN3CCN(CC(N)=O)CC3)cc2)C(C)(C)[C@H]1Oc1ccc(C#N)c(Cl)c1. The Hall–Kier alpha value is -3.12. The minimum absolute atomic E-state index is 0.0885. The molecule has 1 saturated carbocycles. The number of nitrogens with two attached hydrogens (primary N) is 1. The van der Waals surface area contributed by atoms with Gasteiger partial charge in [-0.05, 0) is 49.2 Å². The summed E-state index contributed by atoms with van der Waals surface area (Å²) in [5, 5.41) is 12.7. The topological polar surface area (TPSA) is 112 Å². The number of carbonyl (C=O) groups excluding carboxylic acids is 2. The van der Waals surface area contributed by atoms with Crippen molar-refractivity contribution in [2.75, 3.05) is 39.3 Å². The third kappa shape index (κ3) is 6.60. The summed E-state index contributed by atoms with van der Waals surface area (Å²) in [5.74, 6) is 0.251. The molecule has 0 radical (unpaired) electrons. The molecule has 2 amide bonds. The van der Waals surface area contributed by atoms with Crippen LogP contribution in [-0.2, 0) is 11.2 Å². The van der Waals surface area contributed by atoms with Crippen LogP contribution in [0.1, 0.15) is 55.6 Å². The van der Waals surface area contributed by atoms with E-state index in [1.54, 1.807) is 18.2 Å². The molecule has 40 heavy (non-hydrogen) atoms. The fourth-order valence-corrected chi connectivity index (χ4v) is 6.74. The van der Waals surface area contributed by atoms with Gasteiger partial charge in [-0.3, -0.25) is 14.5 Å². The molecule has 2 aromatic carbocycles. The van der Waals surface area contributed by atoms with Crippen molar-refractivity contribution in [1.29, 1.82) is 5.26 Å². The van der Waals surface area contributed by atoms with E-state index in [1.165, 1.54) is 5.56 Å². The number of rotatable bonds is 10. The van der Waals surface area contributed by atoms with Crippen LogP contribution in [0.25, 0.3) is 0 Å². The minimum atomic E-state index is -0.315. The number of hydrogen-bond donors (Lipinski definition) is 2. The molecule has 0 aromatic heterocycles. The normalized spacial score (nSPS) is 22.1. The Kier molecular flexibility index (Phi) is 9.09. The number of halogens is 1. The average molecular weight is 566 g/mol. The number of nitriles is 1. The molecule has 8 nitrogen and oxygen atoms in total. The maximum Gasteiger partial charge on any atom is 0.251 e. The number of carbonyl (C=O) groups is 2. The molecule has 2 fully saturated rings. The smallest absolute Gasteiger partial charge is 0.251 e. The average Bonchev–Trinajstić information content (AvgIpc) is 2.91. The van der Waals surface area contributed by atoms with E-state index in [-0.39, 0.29) is 34.8 Å². The van der Waals surface area contributed by atoms with Gasteiger partial charge in [-0.1, -0.05) is 51.4 Å². The van der Waals surface area contributed by atoms with Crippen LogP contribution in [0, 0.1) is 22.2 Å². The van der Waals surface area contributed by atoms with Crippen LogP contribution in [0.2, 0.25) is 5.02 Å². The molecule has 0 atom stereocenters. The van der Waals surface area contributed by atoms with E-state index < -0.39 is 0 Å². The van der Waals surface area contributed by atoms with E-state index in [0.717, 1.165) is 45.6 Å². The summed E-state index contributed by atoms with van der Waals surface area (Å²) in [4.78, 5) is 28.8. The molecule has 0 unspecified atom stereocenters. The number of nitrogens with one attached hydrogen (secondary N) is 1. The van der Waals surface area contributed by atoms with Crippen LogP contribution in [0.5, 0.6) is 5.75 Å². The van der Waals surface area contributed by atoms with Crippen LogP contribution < -0.4 is 15.8 Å². The lowest BCUT2D eigenvalue weighted by molar-refractivity contribution is -0.164. The van der Waals surface area contributed by atoms with Crippen LogP contribution in [0.3, 0.4) is 0 Å². The van der Waals surface area contributed by atoms with Gasteiger partial charge in [-0.15, -0.1) is 0 Å². The van der Waals surface area contributed by atoms with E-state index in [2.05, 4.69) is 48.9 Å². The van der Waals surface area contributed by atoms with Crippen molar-refractivity contribution < 1.29 is 14.3 Å². The number of primary amides is 1. The van der Waals surface area contributed by atoms with Gasteiger partial charge in [0.15, 0.2) is 0 Å². The molecular weight excluding hydrogens is 526 g/mol. The first-order valence-corrected chi connectivity index (χ1v) is 14.3. The van der Waals surface area contributed by atoms with Crippen molar-refractivity contribution in [3.63, 3.8) is 0 Å². The maximum absolute atomic E-state index is 13.2. The number of hydrogen-bond acceptors (Lipinski definition) is 6. The van der Waals surface area contributed by atoms with Gasteiger partial charge in [0, 0.05) is 54.7 Å². The number of nitrogens with zero attached hydrogens (tertiary/aromatic N) is 3. The Morgan fingerprint density at radius 1 is 1.05 bits per heavy atom. The summed E-state index contributed by atoms with van der Waals surface area (Å²) in [5.41, 5.74) is 6.93. The fraction of sp³-hybridized carbons (Fsp3) is 0.516. The maximum atomic E-state index is 13.2. The van der Waals surface area contributed by atoms with Gasteiger partial charge in [-0.2, -0.15) is 5.26 Å². The second-order valence-electron chi connectivity index (χ2n) is 12.2. The van der Waals surface area contributed by atoms with Crippen LogP contribution >= 0.6 is 11.6 Å². The van der Waals surface area contributed by atoms with Crippen LogP contribution in [0.15, 0.2) is 42.5 Å². The first kappa shape index (κ1) is 29.9. The van der Waals surface area contributed by atoms with Crippen molar-refractivity contribution in [2.45, 2.75) is 52.7 Å². The molecule has 3 N–H and O–H groups in total. The molecule has 0 spiro atoms. The molecule has 9 heteroatoms. The highest BCUT2D eigenvalue weighted by Gasteiger charge is 2.64. The van der Waals surface area contributed by atoms with Crippen molar-refractivity contribution in [1.82, 2.24) is 15.1 Å². The monoisotopic (exact) mass is 565 g/mol. The number of amides is 2. The second kappa shape index (κ2) is 12.2. The zero-order valence-corrected chi connectivity index (χ0v) is 24.6. The molecule has 1 saturated heterocycles. The Labute approximate surface area is 242 Å². The highest BCUT2D eigenvalue weighted by atomic mass is 35.5. The second-order valence-corrected chi connectivity index (χ2v) is 12.6.